The van der Waals surface area contributed by atoms with Crippen LogP contribution < -0.4 is 11.1 Å². The van der Waals surface area contributed by atoms with Crippen molar-refractivity contribution in [1.29, 1.82) is 0 Å². The topological polar surface area (TPSA) is 58.4 Å². The van der Waals surface area contributed by atoms with Crippen molar-refractivity contribution in [3.05, 3.63) is 0 Å². The van der Waals surface area contributed by atoms with Crippen molar-refractivity contribution in [2.24, 2.45) is 5.73 Å². The minimum absolute atomic E-state index is 0.113. The molecule has 2 atom stereocenters. The van der Waals surface area contributed by atoms with E-state index in [1.807, 2.05) is 6.92 Å². The molecule has 0 radical (unpaired) electrons. The molecular formula is C12H25N3O. The van der Waals surface area contributed by atoms with Crippen LogP contribution in [0.25, 0.3) is 0 Å². The van der Waals surface area contributed by atoms with Crippen molar-refractivity contribution in [3.63, 3.8) is 0 Å². The molecule has 16 heavy (non-hydrogen) atoms. The lowest BCUT2D eigenvalue weighted by atomic mass is 9.90. The zero-order valence-electron chi connectivity index (χ0n) is 10.5. The minimum Gasteiger partial charge on any atom is -0.355 e. The second-order valence-corrected chi connectivity index (χ2v) is 4.53. The van der Waals surface area contributed by atoms with Crippen LogP contribution in [0.5, 0.6) is 0 Å². The number of nitrogens with zero attached hydrogens (tertiary/aromatic N) is 1. The first-order chi connectivity index (χ1) is 7.69. The number of carbonyl (C=O) groups excluding carboxylic acids is 1. The van der Waals surface area contributed by atoms with Gasteiger partial charge in [0.2, 0.25) is 5.91 Å². The van der Waals surface area contributed by atoms with Gasteiger partial charge >= 0.3 is 0 Å². The van der Waals surface area contributed by atoms with Crippen LogP contribution in [0.3, 0.4) is 0 Å². The van der Waals surface area contributed by atoms with Crippen LogP contribution in [0.2, 0.25) is 0 Å². The van der Waals surface area contributed by atoms with E-state index in [1.165, 1.54) is 12.8 Å². The molecule has 0 aromatic rings. The molecule has 1 amide bonds. The first-order valence-corrected chi connectivity index (χ1v) is 6.45. The molecule has 94 valence electrons. The first kappa shape index (κ1) is 13.5. The van der Waals surface area contributed by atoms with Crippen LogP contribution in [0.4, 0.5) is 0 Å². The third-order valence-corrected chi connectivity index (χ3v) is 3.38. The molecule has 0 saturated heterocycles. The molecular weight excluding hydrogens is 202 g/mol. The summed E-state index contributed by atoms with van der Waals surface area (Å²) in [6, 6.07) is 0.629. The maximum Gasteiger partial charge on any atom is 0.234 e. The van der Waals surface area contributed by atoms with Crippen LogP contribution >= 0.6 is 0 Å². The molecule has 1 aliphatic rings. The normalized spacial score (nSPS) is 25.8. The highest BCUT2D eigenvalue weighted by Gasteiger charge is 2.27. The summed E-state index contributed by atoms with van der Waals surface area (Å²) in [4.78, 5) is 13.8. The van der Waals surface area contributed by atoms with E-state index < -0.39 is 0 Å². The summed E-state index contributed by atoms with van der Waals surface area (Å²) >= 11 is 0. The van der Waals surface area contributed by atoms with Gasteiger partial charge in [-0.25, -0.2) is 0 Å². The maximum atomic E-state index is 11.6. The van der Waals surface area contributed by atoms with Gasteiger partial charge < -0.3 is 11.1 Å². The van der Waals surface area contributed by atoms with Gasteiger partial charge in [-0.15, -0.1) is 0 Å². The average Bonchev–Trinajstić information content (AvgIpc) is 2.27. The molecule has 4 nitrogen and oxygen atoms in total. The molecule has 1 fully saturated rings. The van der Waals surface area contributed by atoms with Crippen LogP contribution in [-0.4, -0.2) is 42.5 Å². The molecule has 1 saturated carbocycles. The summed E-state index contributed by atoms with van der Waals surface area (Å²) in [5, 5.41) is 2.84. The molecule has 4 heteroatoms. The fourth-order valence-corrected chi connectivity index (χ4v) is 2.49. The Bertz CT molecular complexity index is 220. The quantitative estimate of drug-likeness (QED) is 0.727. The Balaban J connectivity index is 2.48. The molecule has 0 spiro atoms. The number of nitrogens with one attached hydrogen (secondary N) is 1. The van der Waals surface area contributed by atoms with Crippen molar-refractivity contribution >= 4 is 5.91 Å². The maximum absolute atomic E-state index is 11.6. The fraction of sp³-hybridized carbons (Fsp3) is 0.917. The number of carbonyl (C=O) groups is 1. The monoisotopic (exact) mass is 227 g/mol. The lowest BCUT2D eigenvalue weighted by Crippen LogP contribution is -2.52. The number of amides is 1. The minimum atomic E-state index is 0.113. The van der Waals surface area contributed by atoms with Crippen LogP contribution in [-0.2, 0) is 4.79 Å². The molecule has 1 aliphatic carbocycles. The second kappa shape index (κ2) is 6.86. The predicted molar refractivity (Wildman–Crippen MR) is 66.2 cm³/mol. The van der Waals surface area contributed by atoms with Crippen LogP contribution in [0.1, 0.15) is 39.5 Å². The Morgan fingerprint density at radius 1 is 1.38 bits per heavy atom. The molecule has 2 unspecified atom stereocenters. The lowest BCUT2D eigenvalue weighted by molar-refractivity contribution is -0.122. The molecule has 0 aromatic heterocycles. The molecule has 1 rings (SSSR count). The molecule has 3 N–H and O–H groups in total. The second-order valence-electron chi connectivity index (χ2n) is 4.53. The van der Waals surface area contributed by atoms with Gasteiger partial charge in [-0.2, -0.15) is 0 Å². The highest BCUT2D eigenvalue weighted by Crippen LogP contribution is 2.21. The summed E-state index contributed by atoms with van der Waals surface area (Å²) < 4.78 is 0. The van der Waals surface area contributed by atoms with Crippen molar-refractivity contribution < 1.29 is 4.79 Å². The number of hydrogen-bond donors (Lipinski definition) is 2. The van der Waals surface area contributed by atoms with Crippen LogP contribution in [0.15, 0.2) is 0 Å². The van der Waals surface area contributed by atoms with Gasteiger partial charge in [0.25, 0.3) is 0 Å². The largest absolute Gasteiger partial charge is 0.355 e. The Kier molecular flexibility index (Phi) is 5.77. The standard InChI is InChI=1S/C12H25N3O/c1-3-14-12(16)9-15(4-2)11-8-6-5-7-10(11)13/h10-11H,3-9,13H2,1-2H3,(H,14,16). The van der Waals surface area contributed by atoms with Gasteiger partial charge in [-0.1, -0.05) is 19.8 Å². The Morgan fingerprint density at radius 3 is 2.62 bits per heavy atom. The molecule has 0 aromatic carbocycles. The number of likely N-dealkylation sites (N-methyl/N-ethyl adjacent to an activating group) is 2. The fourth-order valence-electron chi connectivity index (χ4n) is 2.49. The van der Waals surface area contributed by atoms with E-state index in [0.29, 0.717) is 19.1 Å². The van der Waals surface area contributed by atoms with Crippen LogP contribution in [0, 0.1) is 0 Å². The average molecular weight is 227 g/mol. The zero-order valence-corrected chi connectivity index (χ0v) is 10.5. The highest BCUT2D eigenvalue weighted by atomic mass is 16.2. The van der Waals surface area contributed by atoms with E-state index >= 15 is 0 Å². The molecule has 0 aliphatic heterocycles. The smallest absolute Gasteiger partial charge is 0.234 e. The number of rotatable bonds is 5. The molecule has 0 bridgehead atoms. The van der Waals surface area contributed by atoms with Crippen molar-refractivity contribution in [2.45, 2.75) is 51.6 Å². The van der Waals surface area contributed by atoms with E-state index in [0.717, 1.165) is 19.4 Å². The van der Waals surface area contributed by atoms with E-state index in [1.54, 1.807) is 0 Å². The predicted octanol–water partition coefficient (Wildman–Crippen LogP) is 0.714. The third-order valence-electron chi connectivity index (χ3n) is 3.38. The molecule has 0 heterocycles. The van der Waals surface area contributed by atoms with Gasteiger partial charge in [0.1, 0.15) is 0 Å². The van der Waals surface area contributed by atoms with E-state index in [2.05, 4.69) is 17.1 Å². The summed E-state index contributed by atoms with van der Waals surface area (Å²) in [6.45, 7) is 6.13. The summed E-state index contributed by atoms with van der Waals surface area (Å²) in [7, 11) is 0. The van der Waals surface area contributed by atoms with Gasteiger partial charge in [0.05, 0.1) is 6.54 Å². The van der Waals surface area contributed by atoms with Gasteiger partial charge in [-0.3, -0.25) is 9.69 Å². The zero-order chi connectivity index (χ0) is 12.0. The van der Waals surface area contributed by atoms with Gasteiger partial charge in [0.15, 0.2) is 0 Å². The third kappa shape index (κ3) is 3.76. The van der Waals surface area contributed by atoms with Crippen molar-refractivity contribution in [1.82, 2.24) is 10.2 Å². The van der Waals surface area contributed by atoms with Crippen molar-refractivity contribution in [2.75, 3.05) is 19.6 Å². The van der Waals surface area contributed by atoms with E-state index in [4.69, 9.17) is 5.73 Å². The lowest BCUT2D eigenvalue weighted by Gasteiger charge is -2.37. The highest BCUT2D eigenvalue weighted by molar-refractivity contribution is 5.77. The first-order valence-electron chi connectivity index (χ1n) is 6.45. The summed E-state index contributed by atoms with van der Waals surface area (Å²) in [6.07, 6.45) is 4.70. The van der Waals surface area contributed by atoms with E-state index in [9.17, 15) is 4.79 Å². The summed E-state index contributed by atoms with van der Waals surface area (Å²) in [5.74, 6) is 0.113. The Labute approximate surface area is 98.6 Å². The van der Waals surface area contributed by atoms with E-state index in [-0.39, 0.29) is 11.9 Å². The number of hydrogen-bond acceptors (Lipinski definition) is 3. The Morgan fingerprint density at radius 2 is 2.06 bits per heavy atom. The van der Waals surface area contributed by atoms with Gasteiger partial charge in [0, 0.05) is 18.6 Å². The van der Waals surface area contributed by atoms with Crippen molar-refractivity contribution in [3.8, 4) is 0 Å². The SMILES string of the molecule is CCNC(=O)CN(CC)C1CCCCC1N. The Hall–Kier alpha value is -0.610. The van der Waals surface area contributed by atoms with Gasteiger partial charge in [-0.05, 0) is 26.3 Å². The number of nitrogens with two attached hydrogens (primary N) is 1. The summed E-state index contributed by atoms with van der Waals surface area (Å²) in [5.41, 5.74) is 6.13.